The second-order valence-corrected chi connectivity index (χ2v) is 5.19. The molecular weight excluding hydrogens is 244 g/mol. The lowest BCUT2D eigenvalue weighted by molar-refractivity contribution is -0.127. The van der Waals surface area contributed by atoms with Gasteiger partial charge in [0, 0.05) is 5.56 Å². The van der Waals surface area contributed by atoms with Crippen LogP contribution in [0.2, 0.25) is 0 Å². The average molecular weight is 262 g/mol. The molecule has 1 aromatic carbocycles. The van der Waals surface area contributed by atoms with Gasteiger partial charge in [-0.05, 0) is 25.5 Å². The Morgan fingerprint density at radius 1 is 1.37 bits per heavy atom. The van der Waals surface area contributed by atoms with Crippen LogP contribution in [0.5, 0.6) is 0 Å². The largest absolute Gasteiger partial charge is 0.376 e. The summed E-state index contributed by atoms with van der Waals surface area (Å²) in [5, 5.41) is 2.87. The Kier molecular flexibility index (Phi) is 3.57. The van der Waals surface area contributed by atoms with Crippen LogP contribution in [0, 0.1) is 13.8 Å². The van der Waals surface area contributed by atoms with Crippen LogP contribution in [0.3, 0.4) is 0 Å². The molecule has 1 aliphatic heterocycles. The van der Waals surface area contributed by atoms with Crippen LogP contribution in [0.4, 0.5) is 0 Å². The molecule has 19 heavy (non-hydrogen) atoms. The van der Waals surface area contributed by atoms with Crippen molar-refractivity contribution in [3.63, 3.8) is 0 Å². The van der Waals surface area contributed by atoms with Gasteiger partial charge in [-0.3, -0.25) is 9.59 Å². The second-order valence-electron chi connectivity index (χ2n) is 5.19. The molecule has 0 bridgehead atoms. The fourth-order valence-electron chi connectivity index (χ4n) is 2.28. The molecule has 0 unspecified atom stereocenters. The van der Waals surface area contributed by atoms with Gasteiger partial charge in [0.2, 0.25) is 5.91 Å². The summed E-state index contributed by atoms with van der Waals surface area (Å²) in [6.45, 7) is 4.52. The molecule has 1 fully saturated rings. The minimum atomic E-state index is -0.639. The van der Waals surface area contributed by atoms with Gasteiger partial charge in [0.15, 0.2) is 0 Å². The number of aryl methyl sites for hydroxylation is 2. The van der Waals surface area contributed by atoms with Crippen LogP contribution in [-0.2, 0) is 9.53 Å². The van der Waals surface area contributed by atoms with E-state index in [1.807, 2.05) is 26.0 Å². The molecule has 0 saturated carbocycles. The van der Waals surface area contributed by atoms with Gasteiger partial charge >= 0.3 is 0 Å². The van der Waals surface area contributed by atoms with Gasteiger partial charge in [-0.1, -0.05) is 17.7 Å². The molecule has 0 spiro atoms. The van der Waals surface area contributed by atoms with E-state index < -0.39 is 11.4 Å². The van der Waals surface area contributed by atoms with Gasteiger partial charge in [-0.2, -0.15) is 0 Å². The van der Waals surface area contributed by atoms with E-state index in [0.29, 0.717) is 18.8 Å². The Morgan fingerprint density at radius 3 is 2.53 bits per heavy atom. The highest BCUT2D eigenvalue weighted by molar-refractivity contribution is 5.96. The van der Waals surface area contributed by atoms with Crippen LogP contribution in [0.1, 0.15) is 27.9 Å². The maximum absolute atomic E-state index is 12.2. The minimum absolute atomic E-state index is 0.101. The Balaban J connectivity index is 2.13. The lowest BCUT2D eigenvalue weighted by Gasteiger charge is -2.41. The summed E-state index contributed by atoms with van der Waals surface area (Å²) in [6, 6.07) is 5.63. The lowest BCUT2D eigenvalue weighted by Crippen LogP contribution is -2.63. The summed E-state index contributed by atoms with van der Waals surface area (Å²) in [5.41, 5.74) is 7.19. The zero-order chi connectivity index (χ0) is 14.0. The predicted molar refractivity (Wildman–Crippen MR) is 70.7 cm³/mol. The monoisotopic (exact) mass is 262 g/mol. The molecule has 1 aromatic rings. The number of benzene rings is 1. The maximum Gasteiger partial charge on any atom is 0.252 e. The van der Waals surface area contributed by atoms with E-state index in [1.165, 1.54) is 0 Å². The summed E-state index contributed by atoms with van der Waals surface area (Å²) >= 11 is 0. The molecule has 0 atom stereocenters. The summed E-state index contributed by atoms with van der Waals surface area (Å²) in [5.74, 6) is -0.633. The Bertz CT molecular complexity index is 521. The third kappa shape index (κ3) is 2.93. The fourth-order valence-corrected chi connectivity index (χ4v) is 2.28. The molecule has 2 rings (SSSR count). The van der Waals surface area contributed by atoms with Crippen LogP contribution in [0.15, 0.2) is 18.2 Å². The highest BCUT2D eigenvalue weighted by atomic mass is 16.5. The smallest absolute Gasteiger partial charge is 0.252 e. The molecule has 0 radical (unpaired) electrons. The predicted octanol–water partition coefficient (Wildman–Crippen LogP) is 0.678. The molecule has 5 nitrogen and oxygen atoms in total. The third-order valence-electron chi connectivity index (χ3n) is 3.27. The number of nitrogens with two attached hydrogens (primary N) is 1. The molecule has 1 saturated heterocycles. The zero-order valence-corrected chi connectivity index (χ0v) is 11.2. The van der Waals surface area contributed by atoms with Crippen molar-refractivity contribution < 1.29 is 14.3 Å². The molecular formula is C14H18N2O3. The first-order valence-electron chi connectivity index (χ1n) is 6.18. The van der Waals surface area contributed by atoms with Gasteiger partial charge < -0.3 is 15.8 Å². The Hall–Kier alpha value is -1.88. The lowest BCUT2D eigenvalue weighted by atomic mass is 9.91. The van der Waals surface area contributed by atoms with Gasteiger partial charge in [-0.25, -0.2) is 0 Å². The Morgan fingerprint density at radius 2 is 2.05 bits per heavy atom. The number of rotatable bonds is 4. The number of primary amides is 1. The minimum Gasteiger partial charge on any atom is -0.376 e. The normalized spacial score (nSPS) is 16.5. The van der Waals surface area contributed by atoms with Gasteiger partial charge in [0.1, 0.15) is 0 Å². The number of amides is 2. The van der Waals surface area contributed by atoms with Crippen LogP contribution >= 0.6 is 0 Å². The first-order chi connectivity index (χ1) is 8.92. The van der Waals surface area contributed by atoms with Crippen molar-refractivity contribution in [1.29, 1.82) is 0 Å². The first-order valence-corrected chi connectivity index (χ1v) is 6.18. The quantitative estimate of drug-likeness (QED) is 0.837. The van der Waals surface area contributed by atoms with E-state index in [0.717, 1.165) is 11.1 Å². The Labute approximate surface area is 112 Å². The van der Waals surface area contributed by atoms with Crippen molar-refractivity contribution in [3.8, 4) is 0 Å². The zero-order valence-electron chi connectivity index (χ0n) is 11.2. The third-order valence-corrected chi connectivity index (χ3v) is 3.27. The van der Waals surface area contributed by atoms with E-state index >= 15 is 0 Å². The van der Waals surface area contributed by atoms with Gasteiger partial charge in [-0.15, -0.1) is 0 Å². The van der Waals surface area contributed by atoms with Crippen molar-refractivity contribution in [2.24, 2.45) is 5.73 Å². The molecule has 1 aliphatic rings. The molecule has 0 aromatic heterocycles. The van der Waals surface area contributed by atoms with Gasteiger partial charge in [0.05, 0.1) is 25.2 Å². The summed E-state index contributed by atoms with van der Waals surface area (Å²) in [7, 11) is 0. The fraction of sp³-hybridized carbons (Fsp3) is 0.429. The molecule has 5 heteroatoms. The number of ether oxygens (including phenoxy) is 1. The topological polar surface area (TPSA) is 81.4 Å². The van der Waals surface area contributed by atoms with Gasteiger partial charge in [0.25, 0.3) is 5.91 Å². The number of carbonyl (C=O) groups is 2. The molecule has 102 valence electrons. The average Bonchev–Trinajstić information content (AvgIpc) is 2.25. The highest BCUT2D eigenvalue weighted by Gasteiger charge is 2.41. The summed E-state index contributed by atoms with van der Waals surface area (Å²) in [4.78, 5) is 23.3. The number of carbonyl (C=O) groups excluding carboxylic acids is 2. The van der Waals surface area contributed by atoms with E-state index in [1.54, 1.807) is 6.07 Å². The van der Waals surface area contributed by atoms with E-state index in [4.69, 9.17) is 10.5 Å². The summed E-state index contributed by atoms with van der Waals surface area (Å²) < 4.78 is 5.10. The number of hydrogen-bond acceptors (Lipinski definition) is 3. The molecule has 0 aliphatic carbocycles. The van der Waals surface area contributed by atoms with E-state index in [9.17, 15) is 9.59 Å². The van der Waals surface area contributed by atoms with Crippen molar-refractivity contribution in [2.45, 2.75) is 25.8 Å². The maximum atomic E-state index is 12.2. The number of nitrogens with one attached hydrogen (secondary N) is 1. The van der Waals surface area contributed by atoms with Crippen molar-refractivity contribution in [3.05, 3.63) is 34.9 Å². The summed E-state index contributed by atoms with van der Waals surface area (Å²) in [6.07, 6.45) is 0.101. The second kappa shape index (κ2) is 5.01. The SMILES string of the molecule is Cc1ccc(C(=O)NC2(CC(N)=O)COC2)c(C)c1. The molecule has 3 N–H and O–H groups in total. The standard InChI is InChI=1S/C14H18N2O3/c1-9-3-4-11(10(2)5-9)13(18)16-14(6-12(15)17)7-19-8-14/h3-5H,6-8H2,1-2H3,(H2,15,17)(H,16,18). The van der Waals surface area contributed by atoms with E-state index in [-0.39, 0.29) is 12.3 Å². The van der Waals surface area contributed by atoms with Crippen LogP contribution < -0.4 is 11.1 Å². The van der Waals surface area contributed by atoms with Crippen molar-refractivity contribution in [1.82, 2.24) is 5.32 Å². The number of hydrogen-bond donors (Lipinski definition) is 2. The molecule has 1 heterocycles. The van der Waals surface area contributed by atoms with E-state index in [2.05, 4.69) is 5.32 Å². The van der Waals surface area contributed by atoms with Crippen molar-refractivity contribution in [2.75, 3.05) is 13.2 Å². The van der Waals surface area contributed by atoms with Crippen LogP contribution in [-0.4, -0.2) is 30.6 Å². The van der Waals surface area contributed by atoms with Crippen molar-refractivity contribution >= 4 is 11.8 Å². The highest BCUT2D eigenvalue weighted by Crippen LogP contribution is 2.22. The molecule has 2 amide bonds. The first kappa shape index (κ1) is 13.5. The van der Waals surface area contributed by atoms with Crippen LogP contribution in [0.25, 0.3) is 0 Å².